The van der Waals surface area contributed by atoms with Crippen LogP contribution in [0, 0.1) is 11.7 Å². The topological polar surface area (TPSA) is 75.9 Å². The fourth-order valence-corrected chi connectivity index (χ4v) is 4.60. The van der Waals surface area contributed by atoms with Crippen molar-refractivity contribution in [3.05, 3.63) is 65.9 Å². The average molecular weight is 446 g/mol. The van der Waals surface area contributed by atoms with E-state index in [-0.39, 0.29) is 29.5 Å². The van der Waals surface area contributed by atoms with Gasteiger partial charge in [-0.15, -0.1) is 0 Å². The van der Waals surface area contributed by atoms with Crippen molar-refractivity contribution < 1.29 is 22.4 Å². The first-order valence-electron chi connectivity index (χ1n) is 10.1. The third kappa shape index (κ3) is 3.67. The second-order valence-electron chi connectivity index (χ2n) is 8.02. The number of halogens is 4. The summed E-state index contributed by atoms with van der Waals surface area (Å²) < 4.78 is 52.3. The Balaban J connectivity index is 1.37. The van der Waals surface area contributed by atoms with Crippen molar-refractivity contribution in [2.24, 2.45) is 5.92 Å². The first-order valence-corrected chi connectivity index (χ1v) is 10.1. The molecule has 1 saturated heterocycles. The highest BCUT2D eigenvalue weighted by atomic mass is 19.4. The zero-order valence-electron chi connectivity index (χ0n) is 16.6. The van der Waals surface area contributed by atoms with Crippen LogP contribution < -0.4 is 5.32 Å². The highest BCUT2D eigenvalue weighted by Crippen LogP contribution is 2.40. The van der Waals surface area contributed by atoms with Gasteiger partial charge in [0.2, 0.25) is 0 Å². The Kier molecular flexibility index (Phi) is 4.83. The first-order chi connectivity index (χ1) is 15.3. The number of piperidine rings is 1. The van der Waals surface area contributed by atoms with Gasteiger partial charge in [0.15, 0.2) is 0 Å². The Bertz CT molecular complexity index is 1130. The maximum atomic E-state index is 14.0. The van der Waals surface area contributed by atoms with Gasteiger partial charge in [0, 0.05) is 18.8 Å². The molecule has 1 N–H and O–H groups in total. The van der Waals surface area contributed by atoms with Crippen LogP contribution in [0.3, 0.4) is 0 Å². The molecule has 1 aromatic carbocycles. The predicted molar refractivity (Wildman–Crippen MR) is 106 cm³/mol. The number of nitrogens with zero attached hydrogens (tertiary/aromatic N) is 5. The number of amides is 1. The minimum Gasteiger partial charge on any atom is -0.365 e. The maximum absolute atomic E-state index is 14.0. The number of carbonyl (C=O) groups is 1. The standard InChI is InChI=1S/C21H18F4N6O/c22-14-2-3-17(31-27-5-6-28-31)15(9-14)20(32)30-11-12-7-16(18(30)8-12)29-19-4-1-13(10-26-19)21(23,24)25/h1-6,9-10,12,16,18H,7-8,11H2,(H,26,29)/t12?,16-,18?/m0/s1. The molecule has 1 saturated carbocycles. The van der Waals surface area contributed by atoms with E-state index in [1.165, 1.54) is 41.5 Å². The molecule has 2 unspecified atom stereocenters. The molecule has 32 heavy (non-hydrogen) atoms. The van der Waals surface area contributed by atoms with Crippen LogP contribution >= 0.6 is 0 Å². The van der Waals surface area contributed by atoms with Gasteiger partial charge in [-0.25, -0.2) is 9.37 Å². The molecule has 2 fully saturated rings. The Labute approximate surface area is 180 Å². The molecule has 1 aliphatic carbocycles. The van der Waals surface area contributed by atoms with Crippen LogP contribution in [0.1, 0.15) is 28.8 Å². The van der Waals surface area contributed by atoms with Gasteiger partial charge in [-0.2, -0.15) is 28.2 Å². The van der Waals surface area contributed by atoms with Crippen LogP contribution in [0.5, 0.6) is 0 Å². The molecule has 2 bridgehead atoms. The molecule has 1 amide bonds. The van der Waals surface area contributed by atoms with Crippen molar-refractivity contribution in [1.29, 1.82) is 0 Å². The number of nitrogens with one attached hydrogen (secondary N) is 1. The van der Waals surface area contributed by atoms with E-state index in [1.54, 1.807) is 4.90 Å². The van der Waals surface area contributed by atoms with E-state index >= 15 is 0 Å². The van der Waals surface area contributed by atoms with Gasteiger partial charge in [-0.3, -0.25) is 4.79 Å². The van der Waals surface area contributed by atoms with Gasteiger partial charge in [0.25, 0.3) is 5.91 Å². The van der Waals surface area contributed by atoms with Crippen LogP contribution in [0.25, 0.3) is 5.69 Å². The lowest BCUT2D eigenvalue weighted by atomic mass is 10.0. The summed E-state index contributed by atoms with van der Waals surface area (Å²) >= 11 is 0. The molecule has 3 atom stereocenters. The number of benzene rings is 1. The molecule has 2 aromatic heterocycles. The Morgan fingerprint density at radius 3 is 2.53 bits per heavy atom. The summed E-state index contributed by atoms with van der Waals surface area (Å²) in [6.07, 6.45) is 0.795. The van der Waals surface area contributed by atoms with Gasteiger partial charge in [-0.05, 0) is 49.1 Å². The third-order valence-electron chi connectivity index (χ3n) is 5.99. The van der Waals surface area contributed by atoms with Gasteiger partial charge in [-0.1, -0.05) is 0 Å². The van der Waals surface area contributed by atoms with Crippen LogP contribution in [0.15, 0.2) is 48.9 Å². The lowest BCUT2D eigenvalue weighted by Crippen LogP contribution is -2.48. The minimum absolute atomic E-state index is 0.153. The van der Waals surface area contributed by atoms with Crippen LogP contribution in [-0.4, -0.2) is 49.4 Å². The van der Waals surface area contributed by atoms with Crippen molar-refractivity contribution in [3.63, 3.8) is 0 Å². The molecule has 1 aliphatic heterocycles. The number of pyridine rings is 1. The highest BCUT2D eigenvalue weighted by Gasteiger charge is 2.47. The Morgan fingerprint density at radius 2 is 1.88 bits per heavy atom. The minimum atomic E-state index is -4.45. The second-order valence-corrected chi connectivity index (χ2v) is 8.02. The van der Waals surface area contributed by atoms with E-state index in [9.17, 15) is 22.4 Å². The zero-order valence-corrected chi connectivity index (χ0v) is 16.6. The number of fused-ring (bicyclic) bond motifs is 2. The molecule has 7 nitrogen and oxygen atoms in total. The van der Waals surface area contributed by atoms with Gasteiger partial charge < -0.3 is 10.2 Å². The molecule has 11 heteroatoms. The number of hydrogen-bond acceptors (Lipinski definition) is 5. The highest BCUT2D eigenvalue weighted by molar-refractivity contribution is 5.98. The predicted octanol–water partition coefficient (Wildman–Crippen LogP) is 3.54. The Hall–Kier alpha value is -3.50. The van der Waals surface area contributed by atoms with Gasteiger partial charge >= 0.3 is 6.18 Å². The van der Waals surface area contributed by atoms with E-state index in [4.69, 9.17) is 0 Å². The van der Waals surface area contributed by atoms with Crippen molar-refractivity contribution >= 4 is 11.7 Å². The van der Waals surface area contributed by atoms with Crippen LogP contribution in [-0.2, 0) is 6.18 Å². The summed E-state index contributed by atoms with van der Waals surface area (Å²) in [5, 5.41) is 11.2. The SMILES string of the molecule is O=C(c1cc(F)ccc1-n1nccn1)N1CC2CC1[C@@H](Nc1ccc(C(F)(F)F)cn1)C2. The zero-order chi connectivity index (χ0) is 22.5. The lowest BCUT2D eigenvalue weighted by Gasteiger charge is -2.34. The van der Waals surface area contributed by atoms with Crippen molar-refractivity contribution in [2.75, 3.05) is 11.9 Å². The molecule has 3 heterocycles. The molecular formula is C21H18F4N6O. The summed E-state index contributed by atoms with van der Waals surface area (Å²) in [7, 11) is 0. The number of carbonyl (C=O) groups excluding carboxylic acids is 1. The molecule has 2 aliphatic rings. The van der Waals surface area contributed by atoms with E-state index in [2.05, 4.69) is 20.5 Å². The number of alkyl halides is 3. The second kappa shape index (κ2) is 7.57. The summed E-state index contributed by atoms with van der Waals surface area (Å²) in [5.74, 6) is -0.320. The number of rotatable bonds is 4. The average Bonchev–Trinajstić information content (AvgIpc) is 3.50. The molecular weight excluding hydrogens is 428 g/mol. The summed E-state index contributed by atoms with van der Waals surface area (Å²) in [6, 6.07) is 5.79. The number of likely N-dealkylation sites (tertiary alicyclic amines) is 1. The number of aromatic nitrogens is 4. The smallest absolute Gasteiger partial charge is 0.365 e. The quantitative estimate of drug-likeness (QED) is 0.621. The van der Waals surface area contributed by atoms with E-state index < -0.39 is 17.6 Å². The third-order valence-corrected chi connectivity index (χ3v) is 5.99. The van der Waals surface area contributed by atoms with Crippen molar-refractivity contribution in [3.8, 4) is 5.69 Å². The molecule has 0 radical (unpaired) electrons. The fraction of sp³-hybridized carbons (Fsp3) is 0.333. The van der Waals surface area contributed by atoms with E-state index in [0.717, 1.165) is 25.1 Å². The molecule has 5 rings (SSSR count). The molecule has 3 aromatic rings. The largest absolute Gasteiger partial charge is 0.417 e. The summed E-state index contributed by atoms with van der Waals surface area (Å²) in [6.45, 7) is 0.532. The van der Waals surface area contributed by atoms with E-state index in [0.29, 0.717) is 18.1 Å². The molecule has 0 spiro atoms. The van der Waals surface area contributed by atoms with Crippen LogP contribution in [0.2, 0.25) is 0 Å². The molecule has 166 valence electrons. The number of anilines is 1. The van der Waals surface area contributed by atoms with Crippen LogP contribution in [0.4, 0.5) is 23.4 Å². The Morgan fingerprint density at radius 1 is 1.09 bits per heavy atom. The summed E-state index contributed by atoms with van der Waals surface area (Å²) in [5.41, 5.74) is -0.295. The van der Waals surface area contributed by atoms with E-state index in [1.807, 2.05) is 0 Å². The van der Waals surface area contributed by atoms with Crippen molar-refractivity contribution in [2.45, 2.75) is 31.1 Å². The maximum Gasteiger partial charge on any atom is 0.417 e. The fourth-order valence-electron chi connectivity index (χ4n) is 4.60. The monoisotopic (exact) mass is 446 g/mol. The van der Waals surface area contributed by atoms with Crippen molar-refractivity contribution in [1.82, 2.24) is 24.9 Å². The normalized spacial score (nSPS) is 22.4. The van der Waals surface area contributed by atoms with Gasteiger partial charge in [0.05, 0.1) is 35.2 Å². The summed E-state index contributed by atoms with van der Waals surface area (Å²) in [4.78, 5) is 20.2. The van der Waals surface area contributed by atoms with Gasteiger partial charge in [0.1, 0.15) is 11.6 Å². The lowest BCUT2D eigenvalue weighted by molar-refractivity contribution is -0.137. The first kappa shape index (κ1) is 20.4. The number of hydrogen-bond donors (Lipinski definition) is 1.